The highest BCUT2D eigenvalue weighted by molar-refractivity contribution is 6.34. The van der Waals surface area contributed by atoms with Crippen LogP contribution in [-0.4, -0.2) is 12.5 Å². The molecule has 2 aromatic rings. The van der Waals surface area contributed by atoms with Crippen LogP contribution >= 0.6 is 11.6 Å². The Bertz CT molecular complexity index is 675. The Hall–Kier alpha value is -1.84. The van der Waals surface area contributed by atoms with Crippen LogP contribution in [-0.2, 0) is 4.79 Å². The van der Waals surface area contributed by atoms with Gasteiger partial charge >= 0.3 is 0 Å². The van der Waals surface area contributed by atoms with E-state index in [1.54, 1.807) is 0 Å². The summed E-state index contributed by atoms with van der Waals surface area (Å²) >= 11 is 6.25. The number of carbonyl (C=O) groups is 1. The van der Waals surface area contributed by atoms with E-state index in [2.05, 4.69) is 36.6 Å². The number of amides is 1. The van der Waals surface area contributed by atoms with Crippen molar-refractivity contribution < 1.29 is 4.79 Å². The number of anilines is 1. The quantitative estimate of drug-likeness (QED) is 0.784. The summed E-state index contributed by atoms with van der Waals surface area (Å²) in [5, 5.41) is 6.84. The van der Waals surface area contributed by atoms with Gasteiger partial charge in [0.2, 0.25) is 5.91 Å². The molecule has 0 spiro atoms. The maximum absolute atomic E-state index is 12.3. The summed E-state index contributed by atoms with van der Waals surface area (Å²) < 4.78 is 0. The molecule has 2 rings (SSSR count). The lowest BCUT2D eigenvalue weighted by molar-refractivity contribution is -0.115. The number of benzene rings is 2. The summed E-state index contributed by atoms with van der Waals surface area (Å²) in [7, 11) is 0. The number of hydrogen-bond donors (Lipinski definition) is 2. The molecule has 0 aromatic heterocycles. The number of rotatable bonds is 6. The lowest BCUT2D eigenvalue weighted by atomic mass is 9.96. The van der Waals surface area contributed by atoms with Gasteiger partial charge in [-0.25, -0.2) is 0 Å². The van der Waals surface area contributed by atoms with E-state index in [0.29, 0.717) is 16.6 Å². The van der Waals surface area contributed by atoms with Gasteiger partial charge in [-0.3, -0.25) is 4.79 Å². The molecule has 1 amide bonds. The van der Waals surface area contributed by atoms with Crippen molar-refractivity contribution in [3.8, 4) is 0 Å². The van der Waals surface area contributed by atoms with Gasteiger partial charge in [0.25, 0.3) is 0 Å². The van der Waals surface area contributed by atoms with Crippen molar-refractivity contribution in [2.75, 3.05) is 11.9 Å². The summed E-state index contributed by atoms with van der Waals surface area (Å²) in [4.78, 5) is 12.3. The smallest absolute Gasteiger partial charge is 0.238 e. The van der Waals surface area contributed by atoms with Crippen LogP contribution in [0.5, 0.6) is 0 Å². The van der Waals surface area contributed by atoms with Gasteiger partial charge < -0.3 is 10.6 Å². The molecule has 2 aromatic carbocycles. The van der Waals surface area contributed by atoms with Crippen LogP contribution in [0, 0.1) is 19.8 Å². The molecule has 0 heterocycles. The Morgan fingerprint density at radius 1 is 1.12 bits per heavy atom. The second-order valence-corrected chi connectivity index (χ2v) is 6.91. The van der Waals surface area contributed by atoms with E-state index < -0.39 is 0 Å². The average Bonchev–Trinajstić information content (AvgIpc) is 2.51. The third-order valence-electron chi connectivity index (χ3n) is 4.00. The van der Waals surface area contributed by atoms with E-state index in [9.17, 15) is 4.79 Å². The molecule has 0 unspecified atom stereocenters. The molecule has 4 heteroatoms. The Balaban J connectivity index is 2.02. The van der Waals surface area contributed by atoms with Gasteiger partial charge in [0.05, 0.1) is 17.3 Å². The molecule has 3 nitrogen and oxygen atoms in total. The summed E-state index contributed by atoms with van der Waals surface area (Å²) in [6, 6.07) is 14.2. The molecular formula is C20H25ClN2O. The maximum Gasteiger partial charge on any atom is 0.238 e. The third kappa shape index (κ3) is 4.83. The predicted octanol–water partition coefficient (Wildman–Crippen LogP) is 4.88. The van der Waals surface area contributed by atoms with Crippen molar-refractivity contribution in [3.05, 3.63) is 64.2 Å². The molecule has 1 atom stereocenters. The summed E-state index contributed by atoms with van der Waals surface area (Å²) in [6.07, 6.45) is 0. The van der Waals surface area contributed by atoms with Gasteiger partial charge in [0, 0.05) is 6.04 Å². The van der Waals surface area contributed by atoms with Crippen LogP contribution in [0.2, 0.25) is 5.02 Å². The fraction of sp³-hybridized carbons (Fsp3) is 0.350. The predicted molar refractivity (Wildman–Crippen MR) is 102 cm³/mol. The molecule has 24 heavy (non-hydrogen) atoms. The van der Waals surface area contributed by atoms with Crippen molar-refractivity contribution in [2.45, 2.75) is 33.7 Å². The van der Waals surface area contributed by atoms with E-state index >= 15 is 0 Å². The van der Waals surface area contributed by atoms with E-state index in [-0.39, 0.29) is 18.5 Å². The molecule has 0 aliphatic rings. The molecule has 0 fully saturated rings. The first-order valence-electron chi connectivity index (χ1n) is 8.23. The molecule has 2 N–H and O–H groups in total. The van der Waals surface area contributed by atoms with E-state index in [1.807, 2.05) is 44.2 Å². The van der Waals surface area contributed by atoms with Crippen molar-refractivity contribution in [1.29, 1.82) is 0 Å². The zero-order valence-corrected chi connectivity index (χ0v) is 15.4. The second-order valence-electron chi connectivity index (χ2n) is 6.50. The maximum atomic E-state index is 12.3. The SMILES string of the molecule is Cc1cc(C)c(NC(=O)CN[C@@H](c2ccccc2)C(C)C)c(Cl)c1. The highest BCUT2D eigenvalue weighted by atomic mass is 35.5. The zero-order valence-electron chi connectivity index (χ0n) is 14.7. The Kier molecular flexibility index (Phi) is 6.41. The fourth-order valence-corrected chi connectivity index (χ4v) is 3.23. The number of hydrogen-bond acceptors (Lipinski definition) is 2. The van der Waals surface area contributed by atoms with Crippen molar-refractivity contribution in [1.82, 2.24) is 5.32 Å². The molecule has 128 valence electrons. The zero-order chi connectivity index (χ0) is 17.7. The van der Waals surface area contributed by atoms with Gasteiger partial charge in [-0.15, -0.1) is 0 Å². The molecule has 0 saturated heterocycles. The number of carbonyl (C=O) groups excluding carboxylic acids is 1. The molecular weight excluding hydrogens is 320 g/mol. The summed E-state index contributed by atoms with van der Waals surface area (Å²) in [5.74, 6) is 0.287. The summed E-state index contributed by atoms with van der Waals surface area (Å²) in [5.41, 5.74) is 3.93. The van der Waals surface area contributed by atoms with Crippen molar-refractivity contribution in [3.63, 3.8) is 0 Å². The monoisotopic (exact) mass is 344 g/mol. The fourth-order valence-electron chi connectivity index (χ4n) is 2.86. The lowest BCUT2D eigenvalue weighted by Crippen LogP contribution is -2.33. The Labute approximate surface area is 149 Å². The minimum absolute atomic E-state index is 0.0922. The molecule has 0 bridgehead atoms. The van der Waals surface area contributed by atoms with Crippen molar-refractivity contribution >= 4 is 23.2 Å². The van der Waals surface area contributed by atoms with E-state index in [4.69, 9.17) is 11.6 Å². The van der Waals surface area contributed by atoms with Gasteiger partial charge in [0.1, 0.15) is 0 Å². The lowest BCUT2D eigenvalue weighted by Gasteiger charge is -2.23. The molecule has 0 aliphatic heterocycles. The molecule has 0 radical (unpaired) electrons. The largest absolute Gasteiger partial charge is 0.323 e. The van der Waals surface area contributed by atoms with Gasteiger partial charge in [-0.1, -0.05) is 61.8 Å². The minimum Gasteiger partial charge on any atom is -0.323 e. The first-order chi connectivity index (χ1) is 11.4. The van der Waals surface area contributed by atoms with Crippen molar-refractivity contribution in [2.24, 2.45) is 5.92 Å². The molecule has 0 saturated carbocycles. The van der Waals surface area contributed by atoms with Gasteiger partial charge in [0.15, 0.2) is 0 Å². The van der Waals surface area contributed by atoms with Gasteiger partial charge in [-0.2, -0.15) is 0 Å². The number of aryl methyl sites for hydroxylation is 2. The summed E-state index contributed by atoms with van der Waals surface area (Å²) in [6.45, 7) is 8.45. The van der Waals surface area contributed by atoms with Crippen LogP contribution < -0.4 is 10.6 Å². The average molecular weight is 345 g/mol. The van der Waals surface area contributed by atoms with Gasteiger partial charge in [-0.05, 0) is 42.5 Å². The van der Waals surface area contributed by atoms with Crippen LogP contribution in [0.4, 0.5) is 5.69 Å². The minimum atomic E-state index is -0.0922. The highest BCUT2D eigenvalue weighted by Gasteiger charge is 2.17. The first kappa shape index (κ1) is 18.5. The Morgan fingerprint density at radius 3 is 2.38 bits per heavy atom. The highest BCUT2D eigenvalue weighted by Crippen LogP contribution is 2.27. The van der Waals surface area contributed by atoms with Crippen LogP contribution in [0.3, 0.4) is 0 Å². The molecule has 0 aliphatic carbocycles. The van der Waals surface area contributed by atoms with E-state index in [1.165, 1.54) is 5.56 Å². The first-order valence-corrected chi connectivity index (χ1v) is 8.61. The topological polar surface area (TPSA) is 41.1 Å². The van der Waals surface area contributed by atoms with Crippen LogP contribution in [0.15, 0.2) is 42.5 Å². The van der Waals surface area contributed by atoms with E-state index in [0.717, 1.165) is 11.1 Å². The number of nitrogens with one attached hydrogen (secondary N) is 2. The van der Waals surface area contributed by atoms with Crippen LogP contribution in [0.25, 0.3) is 0 Å². The standard InChI is InChI=1S/C20H25ClN2O/c1-13(2)19(16-8-6-5-7-9-16)22-12-18(24)23-20-15(4)10-14(3)11-17(20)21/h5-11,13,19,22H,12H2,1-4H3,(H,23,24)/t19-/m1/s1. The second kappa shape index (κ2) is 8.32. The third-order valence-corrected chi connectivity index (χ3v) is 4.30. The normalized spacial score (nSPS) is 12.2. The van der Waals surface area contributed by atoms with Crippen LogP contribution in [0.1, 0.15) is 36.6 Å². The number of halogens is 1. The Morgan fingerprint density at radius 2 is 1.79 bits per heavy atom.